The first-order chi connectivity index (χ1) is 6.22. The summed E-state index contributed by atoms with van der Waals surface area (Å²) in [4.78, 5) is 8.48. The smallest absolute Gasteiger partial charge is 0.220 e. The van der Waals surface area contributed by atoms with Crippen LogP contribution in [0.1, 0.15) is 37.7 Å². The molecule has 1 aromatic rings. The lowest BCUT2D eigenvalue weighted by molar-refractivity contribution is 0.879. The van der Waals surface area contributed by atoms with Gasteiger partial charge in [0.1, 0.15) is 0 Å². The molecule has 72 valence electrons. The highest BCUT2D eigenvalue weighted by Gasteiger charge is 2.08. The molecule has 13 heavy (non-hydrogen) atoms. The van der Waals surface area contributed by atoms with E-state index in [1.807, 2.05) is 0 Å². The van der Waals surface area contributed by atoms with Crippen molar-refractivity contribution in [2.75, 3.05) is 5.73 Å². The van der Waals surface area contributed by atoms with Crippen LogP contribution >= 0.6 is 0 Å². The van der Waals surface area contributed by atoms with Crippen LogP contribution < -0.4 is 5.73 Å². The van der Waals surface area contributed by atoms with Gasteiger partial charge in [-0.3, -0.25) is 0 Å². The first-order valence-corrected chi connectivity index (χ1v) is 4.87. The summed E-state index contributed by atoms with van der Waals surface area (Å²) in [7, 11) is 0. The lowest BCUT2D eigenvalue weighted by atomic mass is 10.1. The van der Waals surface area contributed by atoms with Gasteiger partial charge in [-0.05, 0) is 24.8 Å². The molecule has 3 nitrogen and oxygen atoms in total. The second-order valence-electron chi connectivity index (χ2n) is 3.01. The molecule has 2 N–H and O–H groups in total. The van der Waals surface area contributed by atoms with E-state index in [0.29, 0.717) is 5.95 Å². The maximum absolute atomic E-state index is 5.61. The highest BCUT2D eigenvalue weighted by molar-refractivity contribution is 5.32. The first-order valence-electron chi connectivity index (χ1n) is 4.87. The molecule has 0 aliphatic carbocycles. The maximum atomic E-state index is 5.61. The van der Waals surface area contributed by atoms with Gasteiger partial charge >= 0.3 is 0 Å². The molecule has 1 aromatic heterocycles. The quantitative estimate of drug-likeness (QED) is 0.769. The summed E-state index contributed by atoms with van der Waals surface area (Å²) < 4.78 is 0. The number of rotatable bonds is 3. The summed E-state index contributed by atoms with van der Waals surface area (Å²) in [6.07, 6.45) is 2.86. The Hall–Kier alpha value is -1.12. The van der Waals surface area contributed by atoms with Crippen molar-refractivity contribution in [2.45, 2.75) is 40.0 Å². The van der Waals surface area contributed by atoms with Crippen molar-refractivity contribution in [3.63, 3.8) is 0 Å². The van der Waals surface area contributed by atoms with E-state index < -0.39 is 0 Å². The Balaban J connectivity index is 3.25. The van der Waals surface area contributed by atoms with E-state index in [4.69, 9.17) is 5.73 Å². The minimum atomic E-state index is 0.408. The zero-order valence-electron chi connectivity index (χ0n) is 8.59. The van der Waals surface area contributed by atoms with Gasteiger partial charge < -0.3 is 5.73 Å². The fourth-order valence-corrected chi connectivity index (χ4v) is 1.60. The fraction of sp³-hybridized carbons (Fsp3) is 0.600. The molecule has 0 atom stereocenters. The Bertz CT molecular complexity index is 269. The zero-order valence-corrected chi connectivity index (χ0v) is 8.59. The number of anilines is 1. The molecule has 0 saturated carbocycles. The third kappa shape index (κ3) is 1.97. The van der Waals surface area contributed by atoms with Crippen LogP contribution in [0.2, 0.25) is 0 Å². The fourth-order valence-electron chi connectivity index (χ4n) is 1.60. The molecular formula is C10H17N3. The molecule has 1 heterocycles. The van der Waals surface area contributed by atoms with Gasteiger partial charge in [-0.1, -0.05) is 20.8 Å². The molecule has 0 spiro atoms. The summed E-state index contributed by atoms with van der Waals surface area (Å²) in [6, 6.07) is 0. The summed E-state index contributed by atoms with van der Waals surface area (Å²) in [6.45, 7) is 6.33. The number of aromatic nitrogens is 2. The normalized spacial score (nSPS) is 10.4. The van der Waals surface area contributed by atoms with Gasteiger partial charge in [-0.25, -0.2) is 9.97 Å². The number of nitrogen functional groups attached to an aromatic ring is 1. The minimum absolute atomic E-state index is 0.408. The lowest BCUT2D eigenvalue weighted by Crippen LogP contribution is -2.07. The summed E-state index contributed by atoms with van der Waals surface area (Å²) in [5, 5.41) is 0. The van der Waals surface area contributed by atoms with E-state index in [1.54, 1.807) is 0 Å². The number of hydrogen-bond donors (Lipinski definition) is 1. The predicted octanol–water partition coefficient (Wildman–Crippen LogP) is 1.75. The Morgan fingerprint density at radius 1 is 0.923 bits per heavy atom. The van der Waals surface area contributed by atoms with Crippen molar-refractivity contribution in [3.05, 3.63) is 17.0 Å². The number of nitrogens with two attached hydrogens (primary N) is 1. The largest absolute Gasteiger partial charge is 0.368 e. The minimum Gasteiger partial charge on any atom is -0.368 e. The second-order valence-corrected chi connectivity index (χ2v) is 3.01. The van der Waals surface area contributed by atoms with Crippen LogP contribution in [0, 0.1) is 0 Å². The van der Waals surface area contributed by atoms with Crippen molar-refractivity contribution in [1.82, 2.24) is 9.97 Å². The molecular weight excluding hydrogens is 162 g/mol. The summed E-state index contributed by atoms with van der Waals surface area (Å²) >= 11 is 0. The van der Waals surface area contributed by atoms with Gasteiger partial charge in [-0.2, -0.15) is 0 Å². The summed E-state index contributed by atoms with van der Waals surface area (Å²) in [5.74, 6) is 0.408. The van der Waals surface area contributed by atoms with E-state index in [1.165, 1.54) is 5.56 Å². The Labute approximate surface area is 79.4 Å². The topological polar surface area (TPSA) is 51.8 Å². The van der Waals surface area contributed by atoms with Crippen molar-refractivity contribution in [1.29, 1.82) is 0 Å². The first kappa shape index (κ1) is 9.96. The Kier molecular flexibility index (Phi) is 3.23. The highest BCUT2D eigenvalue weighted by Crippen LogP contribution is 2.14. The molecule has 3 heteroatoms. The van der Waals surface area contributed by atoms with Crippen LogP contribution in [0.25, 0.3) is 0 Å². The Morgan fingerprint density at radius 3 is 1.69 bits per heavy atom. The van der Waals surface area contributed by atoms with Gasteiger partial charge in [0.05, 0.1) is 0 Å². The zero-order chi connectivity index (χ0) is 9.84. The maximum Gasteiger partial charge on any atom is 0.220 e. The molecule has 0 aromatic carbocycles. The standard InChI is InChI=1S/C10H17N3/c1-4-7-8(5-2)12-10(11)13-9(7)6-3/h4-6H2,1-3H3,(H2,11,12,13). The van der Waals surface area contributed by atoms with Crippen LogP contribution in [0.15, 0.2) is 0 Å². The van der Waals surface area contributed by atoms with E-state index >= 15 is 0 Å². The molecule has 0 fully saturated rings. The van der Waals surface area contributed by atoms with Crippen LogP contribution in [-0.2, 0) is 19.3 Å². The van der Waals surface area contributed by atoms with Gasteiger partial charge in [0, 0.05) is 11.4 Å². The second kappa shape index (κ2) is 4.21. The molecule has 1 rings (SSSR count). The average Bonchev–Trinajstić information content (AvgIpc) is 2.16. The number of hydrogen-bond acceptors (Lipinski definition) is 3. The molecule has 0 amide bonds. The predicted molar refractivity (Wildman–Crippen MR) is 54.6 cm³/mol. The highest BCUT2D eigenvalue weighted by atomic mass is 15.0. The Morgan fingerprint density at radius 2 is 1.38 bits per heavy atom. The molecule has 0 bridgehead atoms. The SMILES string of the molecule is CCc1nc(N)nc(CC)c1CC. The van der Waals surface area contributed by atoms with Crippen LogP contribution in [0.5, 0.6) is 0 Å². The van der Waals surface area contributed by atoms with E-state index in [9.17, 15) is 0 Å². The third-order valence-electron chi connectivity index (χ3n) is 2.22. The monoisotopic (exact) mass is 179 g/mol. The van der Waals surface area contributed by atoms with Crippen LogP contribution in [0.3, 0.4) is 0 Å². The number of aryl methyl sites for hydroxylation is 2. The van der Waals surface area contributed by atoms with Crippen molar-refractivity contribution >= 4 is 5.95 Å². The van der Waals surface area contributed by atoms with Crippen LogP contribution in [0.4, 0.5) is 5.95 Å². The van der Waals surface area contributed by atoms with Crippen LogP contribution in [-0.4, -0.2) is 9.97 Å². The van der Waals surface area contributed by atoms with E-state index in [-0.39, 0.29) is 0 Å². The van der Waals surface area contributed by atoms with Gasteiger partial charge in [0.2, 0.25) is 5.95 Å². The van der Waals surface area contributed by atoms with Crippen molar-refractivity contribution in [2.24, 2.45) is 0 Å². The third-order valence-corrected chi connectivity index (χ3v) is 2.22. The van der Waals surface area contributed by atoms with Gasteiger partial charge in [-0.15, -0.1) is 0 Å². The molecule has 0 radical (unpaired) electrons. The lowest BCUT2D eigenvalue weighted by Gasteiger charge is -2.09. The number of nitrogens with zero attached hydrogens (tertiary/aromatic N) is 2. The van der Waals surface area contributed by atoms with Gasteiger partial charge in [0.25, 0.3) is 0 Å². The average molecular weight is 179 g/mol. The van der Waals surface area contributed by atoms with E-state index in [2.05, 4.69) is 30.7 Å². The molecule has 0 aliphatic rings. The van der Waals surface area contributed by atoms with Gasteiger partial charge in [0.15, 0.2) is 0 Å². The summed E-state index contributed by atoms with van der Waals surface area (Å²) in [5.41, 5.74) is 9.10. The molecule has 0 aliphatic heterocycles. The van der Waals surface area contributed by atoms with Crippen molar-refractivity contribution < 1.29 is 0 Å². The van der Waals surface area contributed by atoms with Crippen molar-refractivity contribution in [3.8, 4) is 0 Å². The molecule has 0 unspecified atom stereocenters. The molecule has 0 saturated heterocycles. The van der Waals surface area contributed by atoms with E-state index in [0.717, 1.165) is 30.7 Å².